The van der Waals surface area contributed by atoms with Crippen LogP contribution in [0.3, 0.4) is 0 Å². The zero-order valence-corrected chi connectivity index (χ0v) is 9.87. The third-order valence-electron chi connectivity index (χ3n) is 2.41. The van der Waals surface area contributed by atoms with Crippen molar-refractivity contribution in [3.63, 3.8) is 0 Å². The Hall–Kier alpha value is -0.860. The molecule has 0 aromatic heterocycles. The first kappa shape index (κ1) is 14.1. The second-order valence-corrected chi connectivity index (χ2v) is 3.91. The minimum absolute atomic E-state index is 0.588. The van der Waals surface area contributed by atoms with Crippen LogP contribution in [0.1, 0.15) is 64.7 Å². The van der Waals surface area contributed by atoms with E-state index in [9.17, 15) is 4.79 Å². The molecule has 0 aliphatic heterocycles. The number of nitrogens with two attached hydrogens (primary N) is 1. The number of carbonyl (C=O) groups is 1. The van der Waals surface area contributed by atoms with Crippen LogP contribution in [0.4, 0.5) is 4.79 Å². The van der Waals surface area contributed by atoms with E-state index in [0.29, 0.717) is 0 Å². The first-order valence-electron chi connectivity index (χ1n) is 6.09. The van der Waals surface area contributed by atoms with E-state index in [1.807, 2.05) is 0 Å². The molecule has 0 saturated carbocycles. The predicted molar refractivity (Wildman–Crippen MR) is 65.3 cm³/mol. The van der Waals surface area contributed by atoms with Crippen molar-refractivity contribution >= 4 is 12.2 Å². The largest absolute Gasteiger partial charge is 0.350 e. The van der Waals surface area contributed by atoms with Crippen molar-refractivity contribution in [3.05, 3.63) is 0 Å². The van der Waals surface area contributed by atoms with E-state index in [4.69, 9.17) is 5.73 Å². The molecule has 3 heteroatoms. The number of hydrogen-bond acceptors (Lipinski definition) is 1. The van der Waals surface area contributed by atoms with Crippen LogP contribution in [0.25, 0.3) is 0 Å². The normalized spacial score (nSPS) is 11.0. The van der Waals surface area contributed by atoms with Gasteiger partial charge in [0.15, 0.2) is 0 Å². The van der Waals surface area contributed by atoms with Gasteiger partial charge in [0.1, 0.15) is 0 Å². The van der Waals surface area contributed by atoms with Crippen molar-refractivity contribution < 1.29 is 4.79 Å². The first-order valence-corrected chi connectivity index (χ1v) is 6.09. The highest BCUT2D eigenvalue weighted by Gasteiger charge is 1.90. The van der Waals surface area contributed by atoms with Crippen molar-refractivity contribution in [2.24, 2.45) is 10.7 Å². The number of nitrogens with zero attached hydrogens (tertiary/aromatic N) is 1. The fourth-order valence-corrected chi connectivity index (χ4v) is 1.52. The highest BCUT2D eigenvalue weighted by Crippen LogP contribution is 2.08. The minimum atomic E-state index is -0.588. The quantitative estimate of drug-likeness (QED) is 0.460. The van der Waals surface area contributed by atoms with E-state index in [-0.39, 0.29) is 0 Å². The SMILES string of the molecule is CCCCCCCCCCC=NC(N)=O. The molecule has 0 spiro atoms. The molecule has 2 amide bonds. The molecule has 2 N–H and O–H groups in total. The van der Waals surface area contributed by atoms with Gasteiger partial charge in [-0.15, -0.1) is 0 Å². The van der Waals surface area contributed by atoms with E-state index >= 15 is 0 Å². The Morgan fingerprint density at radius 2 is 1.60 bits per heavy atom. The Kier molecular flexibility index (Phi) is 10.6. The van der Waals surface area contributed by atoms with Gasteiger partial charge >= 0.3 is 6.03 Å². The van der Waals surface area contributed by atoms with Crippen LogP contribution in [0.15, 0.2) is 4.99 Å². The summed E-state index contributed by atoms with van der Waals surface area (Å²) >= 11 is 0. The van der Waals surface area contributed by atoms with Crippen LogP contribution in [0.5, 0.6) is 0 Å². The van der Waals surface area contributed by atoms with Crippen molar-refractivity contribution in [2.75, 3.05) is 0 Å². The lowest BCUT2D eigenvalue weighted by atomic mass is 10.1. The molecule has 0 rings (SSSR count). The molecule has 0 atom stereocenters. The maximum atomic E-state index is 10.3. The lowest BCUT2D eigenvalue weighted by molar-refractivity contribution is 0.257. The van der Waals surface area contributed by atoms with Crippen LogP contribution in [0, 0.1) is 0 Å². The highest BCUT2D eigenvalue weighted by atomic mass is 16.2. The van der Waals surface area contributed by atoms with Gasteiger partial charge in [-0.05, 0) is 12.8 Å². The summed E-state index contributed by atoms with van der Waals surface area (Å²) < 4.78 is 0. The molecule has 0 saturated heterocycles. The van der Waals surface area contributed by atoms with Crippen LogP contribution in [-0.4, -0.2) is 12.2 Å². The molecule has 15 heavy (non-hydrogen) atoms. The highest BCUT2D eigenvalue weighted by molar-refractivity contribution is 5.81. The molecule has 0 unspecified atom stereocenters. The number of primary amides is 1. The maximum Gasteiger partial charge on any atom is 0.337 e. The van der Waals surface area contributed by atoms with E-state index in [0.717, 1.165) is 12.8 Å². The average molecular weight is 212 g/mol. The molecule has 0 aromatic rings. The second kappa shape index (κ2) is 11.2. The summed E-state index contributed by atoms with van der Waals surface area (Å²) in [4.78, 5) is 13.8. The van der Waals surface area contributed by atoms with Gasteiger partial charge in [-0.25, -0.2) is 9.79 Å². The summed E-state index contributed by atoms with van der Waals surface area (Å²) in [5, 5.41) is 0. The zero-order chi connectivity index (χ0) is 11.4. The molecule has 0 bridgehead atoms. The molecule has 0 heterocycles. The molecule has 0 aromatic carbocycles. The van der Waals surface area contributed by atoms with Crippen LogP contribution in [0.2, 0.25) is 0 Å². The first-order chi connectivity index (χ1) is 7.27. The van der Waals surface area contributed by atoms with Gasteiger partial charge in [-0.2, -0.15) is 0 Å². The average Bonchev–Trinajstić information content (AvgIpc) is 2.20. The second-order valence-electron chi connectivity index (χ2n) is 3.91. The van der Waals surface area contributed by atoms with Crippen molar-refractivity contribution in [2.45, 2.75) is 64.7 Å². The Labute approximate surface area is 93.2 Å². The molecule has 0 aliphatic carbocycles. The summed E-state index contributed by atoms with van der Waals surface area (Å²) in [7, 11) is 0. The topological polar surface area (TPSA) is 55.4 Å². The fourth-order valence-electron chi connectivity index (χ4n) is 1.52. The molecular formula is C12H24N2O. The number of carbonyl (C=O) groups excluding carboxylic acids is 1. The summed E-state index contributed by atoms with van der Waals surface area (Å²) in [6.45, 7) is 2.23. The van der Waals surface area contributed by atoms with Gasteiger partial charge in [0.25, 0.3) is 0 Å². The van der Waals surface area contributed by atoms with Gasteiger partial charge in [0.05, 0.1) is 0 Å². The van der Waals surface area contributed by atoms with Crippen molar-refractivity contribution in [1.82, 2.24) is 0 Å². The lowest BCUT2D eigenvalue weighted by Gasteiger charge is -1.99. The summed E-state index contributed by atoms with van der Waals surface area (Å²) in [5.41, 5.74) is 4.86. The molecule has 0 aliphatic rings. The molecule has 3 nitrogen and oxygen atoms in total. The Bertz CT molecular complexity index is 178. The zero-order valence-electron chi connectivity index (χ0n) is 9.87. The van der Waals surface area contributed by atoms with Gasteiger partial charge in [0.2, 0.25) is 0 Å². The molecule has 0 fully saturated rings. The van der Waals surface area contributed by atoms with E-state index in [1.54, 1.807) is 6.21 Å². The smallest absolute Gasteiger partial charge is 0.337 e. The van der Waals surface area contributed by atoms with Crippen LogP contribution in [-0.2, 0) is 0 Å². The number of rotatable bonds is 9. The number of unbranched alkanes of at least 4 members (excludes halogenated alkanes) is 8. The Morgan fingerprint density at radius 3 is 2.13 bits per heavy atom. The van der Waals surface area contributed by atoms with Gasteiger partial charge in [-0.1, -0.05) is 51.9 Å². The minimum Gasteiger partial charge on any atom is -0.350 e. The standard InChI is InChI=1S/C12H24N2O/c1-2-3-4-5-6-7-8-9-10-11-14-12(13)15/h11H,2-10H2,1H3,(H2,13,15). The predicted octanol–water partition coefficient (Wildman–Crippen LogP) is 3.67. The summed E-state index contributed by atoms with van der Waals surface area (Å²) in [6.07, 6.45) is 12.9. The number of urea groups is 1. The van der Waals surface area contributed by atoms with E-state index < -0.39 is 6.03 Å². The monoisotopic (exact) mass is 212 g/mol. The van der Waals surface area contributed by atoms with Crippen LogP contribution < -0.4 is 5.73 Å². The van der Waals surface area contributed by atoms with Gasteiger partial charge < -0.3 is 5.73 Å². The van der Waals surface area contributed by atoms with Crippen molar-refractivity contribution in [3.8, 4) is 0 Å². The van der Waals surface area contributed by atoms with Crippen molar-refractivity contribution in [1.29, 1.82) is 0 Å². The third-order valence-corrected chi connectivity index (χ3v) is 2.41. The summed E-state index contributed by atoms with van der Waals surface area (Å²) in [5.74, 6) is 0. The molecule has 0 radical (unpaired) electrons. The van der Waals surface area contributed by atoms with Crippen LogP contribution >= 0.6 is 0 Å². The Morgan fingerprint density at radius 1 is 1.07 bits per heavy atom. The van der Waals surface area contributed by atoms with Gasteiger partial charge in [0, 0.05) is 6.21 Å². The lowest BCUT2D eigenvalue weighted by Crippen LogP contribution is -2.03. The number of hydrogen-bond donors (Lipinski definition) is 1. The Balaban J connectivity index is 3.02. The van der Waals surface area contributed by atoms with Gasteiger partial charge in [-0.3, -0.25) is 0 Å². The van der Waals surface area contributed by atoms with E-state index in [2.05, 4.69) is 11.9 Å². The molecular weight excluding hydrogens is 188 g/mol. The third kappa shape index (κ3) is 13.1. The number of aliphatic imine (C=N–C) groups is 1. The maximum absolute atomic E-state index is 10.3. The fraction of sp³-hybridized carbons (Fsp3) is 0.833. The summed E-state index contributed by atoms with van der Waals surface area (Å²) in [6, 6.07) is -0.588. The van der Waals surface area contributed by atoms with E-state index in [1.165, 1.54) is 44.9 Å². The molecule has 88 valence electrons. The number of amides is 2.